The lowest BCUT2D eigenvalue weighted by atomic mass is 9.94. The fraction of sp³-hybridized carbons (Fsp3) is 0.778. The summed E-state index contributed by atoms with van der Waals surface area (Å²) in [4.78, 5) is 21.5. The van der Waals surface area contributed by atoms with Gasteiger partial charge in [-0.1, -0.05) is 0 Å². The van der Waals surface area contributed by atoms with Crippen molar-refractivity contribution in [1.29, 1.82) is 0 Å². The third-order valence-corrected chi connectivity index (χ3v) is 1.95. The number of amides is 1. The van der Waals surface area contributed by atoms with Gasteiger partial charge >= 0.3 is 5.97 Å². The maximum atomic E-state index is 10.8. The predicted molar refractivity (Wildman–Crippen MR) is 53.0 cm³/mol. The minimum absolute atomic E-state index is 0.0503. The first-order chi connectivity index (χ1) is 6.40. The van der Waals surface area contributed by atoms with Gasteiger partial charge in [-0.25, -0.2) is 0 Å². The number of aliphatic carboxylic acids is 1. The van der Waals surface area contributed by atoms with Gasteiger partial charge in [0, 0.05) is 26.6 Å². The normalized spacial score (nSPS) is 11.1. The zero-order chi connectivity index (χ0) is 11.2. The lowest BCUT2D eigenvalue weighted by Crippen LogP contribution is -2.37. The van der Waals surface area contributed by atoms with E-state index >= 15 is 0 Å². The van der Waals surface area contributed by atoms with Crippen LogP contribution in [0.25, 0.3) is 0 Å². The molecule has 0 aromatic rings. The summed E-state index contributed by atoms with van der Waals surface area (Å²) in [6.07, 6.45) is 0.367. The molecule has 0 aliphatic rings. The van der Waals surface area contributed by atoms with Crippen LogP contribution in [0.5, 0.6) is 0 Å². The second-order valence-electron chi connectivity index (χ2n) is 3.79. The quantitative estimate of drug-likeness (QED) is 0.522. The first-order valence-corrected chi connectivity index (χ1v) is 4.55. The van der Waals surface area contributed by atoms with E-state index in [-0.39, 0.29) is 5.91 Å². The Hall–Kier alpha value is -1.10. The topological polar surface area (TPSA) is 78.4 Å². The fourth-order valence-electron chi connectivity index (χ4n) is 0.803. The van der Waals surface area contributed by atoms with Crippen LogP contribution in [0.15, 0.2) is 0 Å². The minimum Gasteiger partial charge on any atom is -0.481 e. The fourth-order valence-corrected chi connectivity index (χ4v) is 0.803. The number of carbonyl (C=O) groups is 2. The van der Waals surface area contributed by atoms with Crippen LogP contribution in [0.2, 0.25) is 0 Å². The molecule has 0 spiro atoms. The number of carbonyl (C=O) groups excluding carboxylic acids is 1. The van der Waals surface area contributed by atoms with E-state index in [1.165, 1.54) is 0 Å². The highest BCUT2D eigenvalue weighted by atomic mass is 16.4. The Bertz CT molecular complexity index is 214. The van der Waals surface area contributed by atoms with Crippen LogP contribution in [0.1, 0.15) is 20.3 Å². The van der Waals surface area contributed by atoms with Gasteiger partial charge in [-0.3, -0.25) is 9.59 Å². The summed E-state index contributed by atoms with van der Waals surface area (Å²) in [5, 5.41) is 14.2. The number of nitrogens with one attached hydrogen (secondary N) is 2. The Kier molecular flexibility index (Phi) is 5.15. The highest BCUT2D eigenvalue weighted by Gasteiger charge is 2.26. The van der Waals surface area contributed by atoms with Gasteiger partial charge in [0.25, 0.3) is 0 Å². The maximum absolute atomic E-state index is 10.8. The zero-order valence-electron chi connectivity index (χ0n) is 8.89. The van der Waals surface area contributed by atoms with E-state index in [0.29, 0.717) is 19.5 Å². The minimum atomic E-state index is -0.843. The molecule has 14 heavy (non-hydrogen) atoms. The van der Waals surface area contributed by atoms with Crippen molar-refractivity contribution in [1.82, 2.24) is 10.6 Å². The summed E-state index contributed by atoms with van der Waals surface area (Å²) in [5.74, 6) is -0.893. The van der Waals surface area contributed by atoms with E-state index < -0.39 is 11.4 Å². The molecule has 0 aromatic heterocycles. The summed E-state index contributed by atoms with van der Waals surface area (Å²) in [5.41, 5.74) is -0.789. The van der Waals surface area contributed by atoms with Crippen molar-refractivity contribution in [3.8, 4) is 0 Å². The van der Waals surface area contributed by atoms with Crippen molar-refractivity contribution in [2.24, 2.45) is 5.41 Å². The summed E-state index contributed by atoms with van der Waals surface area (Å²) in [6.45, 7) is 4.14. The SMILES string of the molecule is CNC(=O)CCNCC(C)(C)C(=O)O. The molecule has 0 aliphatic carbocycles. The van der Waals surface area contributed by atoms with Gasteiger partial charge < -0.3 is 15.7 Å². The van der Waals surface area contributed by atoms with Crippen molar-refractivity contribution < 1.29 is 14.7 Å². The average molecular weight is 202 g/mol. The molecule has 0 unspecified atom stereocenters. The Morgan fingerprint density at radius 3 is 2.36 bits per heavy atom. The second kappa shape index (κ2) is 5.59. The first-order valence-electron chi connectivity index (χ1n) is 4.55. The molecular formula is C9H18N2O3. The van der Waals surface area contributed by atoms with Crippen LogP contribution in [0, 0.1) is 5.41 Å². The molecule has 1 amide bonds. The molecule has 82 valence electrons. The molecule has 0 saturated carbocycles. The van der Waals surface area contributed by atoms with E-state index in [1.54, 1.807) is 20.9 Å². The predicted octanol–water partition coefficient (Wildman–Crippen LogP) is -0.177. The molecule has 0 rings (SSSR count). The van der Waals surface area contributed by atoms with E-state index in [1.807, 2.05) is 0 Å². The second-order valence-corrected chi connectivity index (χ2v) is 3.79. The van der Waals surface area contributed by atoms with E-state index in [4.69, 9.17) is 5.11 Å². The molecule has 0 saturated heterocycles. The first kappa shape index (κ1) is 12.9. The van der Waals surface area contributed by atoms with E-state index in [0.717, 1.165) is 0 Å². The van der Waals surface area contributed by atoms with Gasteiger partial charge in [0.05, 0.1) is 5.41 Å². The third kappa shape index (κ3) is 4.81. The Morgan fingerprint density at radius 1 is 1.36 bits per heavy atom. The highest BCUT2D eigenvalue weighted by molar-refractivity contribution is 5.75. The van der Waals surface area contributed by atoms with Gasteiger partial charge in [0.15, 0.2) is 0 Å². The van der Waals surface area contributed by atoms with Gasteiger partial charge in [0.1, 0.15) is 0 Å². The number of hydrogen-bond donors (Lipinski definition) is 3. The molecular weight excluding hydrogens is 184 g/mol. The molecule has 0 heterocycles. The summed E-state index contributed by atoms with van der Waals surface area (Å²) >= 11 is 0. The lowest BCUT2D eigenvalue weighted by Gasteiger charge is -2.19. The summed E-state index contributed by atoms with van der Waals surface area (Å²) in [7, 11) is 1.57. The number of rotatable bonds is 6. The van der Waals surface area contributed by atoms with Crippen molar-refractivity contribution in [3.63, 3.8) is 0 Å². The van der Waals surface area contributed by atoms with Crippen LogP contribution in [-0.2, 0) is 9.59 Å². The molecule has 0 atom stereocenters. The molecule has 0 bridgehead atoms. The van der Waals surface area contributed by atoms with Crippen LogP contribution in [0.4, 0.5) is 0 Å². The lowest BCUT2D eigenvalue weighted by molar-refractivity contribution is -0.146. The Labute approximate surface area is 83.9 Å². The maximum Gasteiger partial charge on any atom is 0.310 e. The highest BCUT2D eigenvalue weighted by Crippen LogP contribution is 2.12. The number of carboxylic acids is 1. The zero-order valence-corrected chi connectivity index (χ0v) is 8.89. The van der Waals surface area contributed by atoms with Gasteiger partial charge in [-0.15, -0.1) is 0 Å². The molecule has 5 heteroatoms. The number of carboxylic acid groups (broad SMARTS) is 1. The average Bonchev–Trinajstić information content (AvgIpc) is 2.11. The van der Waals surface area contributed by atoms with Crippen molar-refractivity contribution in [2.45, 2.75) is 20.3 Å². The largest absolute Gasteiger partial charge is 0.481 e. The Morgan fingerprint density at radius 2 is 1.93 bits per heavy atom. The monoisotopic (exact) mass is 202 g/mol. The van der Waals surface area contributed by atoms with Crippen LogP contribution < -0.4 is 10.6 Å². The molecule has 0 aromatic carbocycles. The summed E-state index contributed by atoms with van der Waals surface area (Å²) < 4.78 is 0. The molecule has 0 radical (unpaired) electrons. The van der Waals surface area contributed by atoms with Crippen molar-refractivity contribution in [3.05, 3.63) is 0 Å². The Balaban J connectivity index is 3.64. The van der Waals surface area contributed by atoms with Crippen LogP contribution >= 0.6 is 0 Å². The van der Waals surface area contributed by atoms with Crippen LogP contribution in [0.3, 0.4) is 0 Å². The third-order valence-electron chi connectivity index (χ3n) is 1.95. The van der Waals surface area contributed by atoms with Gasteiger partial charge in [0.2, 0.25) is 5.91 Å². The van der Waals surface area contributed by atoms with Gasteiger partial charge in [-0.05, 0) is 13.8 Å². The molecule has 3 N–H and O–H groups in total. The summed E-state index contributed by atoms with van der Waals surface area (Å²) in [6, 6.07) is 0. The van der Waals surface area contributed by atoms with Gasteiger partial charge in [-0.2, -0.15) is 0 Å². The van der Waals surface area contributed by atoms with Crippen molar-refractivity contribution in [2.75, 3.05) is 20.1 Å². The van der Waals surface area contributed by atoms with E-state index in [9.17, 15) is 9.59 Å². The van der Waals surface area contributed by atoms with Crippen LogP contribution in [-0.4, -0.2) is 37.1 Å². The smallest absolute Gasteiger partial charge is 0.310 e. The number of hydrogen-bond acceptors (Lipinski definition) is 3. The molecule has 0 aliphatic heterocycles. The molecule has 0 fully saturated rings. The van der Waals surface area contributed by atoms with E-state index in [2.05, 4.69) is 10.6 Å². The standard InChI is InChI=1S/C9H18N2O3/c1-9(2,8(13)14)6-11-5-4-7(12)10-3/h11H,4-6H2,1-3H3,(H,10,12)(H,13,14). The van der Waals surface area contributed by atoms with Crippen molar-refractivity contribution >= 4 is 11.9 Å². The molecule has 5 nitrogen and oxygen atoms in total.